The highest BCUT2D eigenvalue weighted by molar-refractivity contribution is 7.89. The van der Waals surface area contributed by atoms with E-state index in [9.17, 15) is 18.0 Å². The summed E-state index contributed by atoms with van der Waals surface area (Å²) < 4.78 is 29.3. The maximum absolute atomic E-state index is 14.1. The Balaban J connectivity index is 1.42. The normalized spacial score (nSPS) is 16.0. The number of piperazine rings is 1. The first kappa shape index (κ1) is 28.3. The summed E-state index contributed by atoms with van der Waals surface area (Å²) in [4.78, 5) is 34.9. The lowest BCUT2D eigenvalue weighted by molar-refractivity contribution is -0.126. The summed E-state index contributed by atoms with van der Waals surface area (Å²) >= 11 is 0. The molecule has 1 fully saturated rings. The number of fused-ring (bicyclic) bond motifs is 1. The van der Waals surface area contributed by atoms with Gasteiger partial charge in [0.1, 0.15) is 10.9 Å². The van der Waals surface area contributed by atoms with Crippen LogP contribution in [-0.2, 0) is 21.2 Å². The number of nitrogens with one attached hydrogen (secondary N) is 1. The number of carbonyl (C=O) groups is 2. The van der Waals surface area contributed by atoms with Crippen molar-refractivity contribution in [3.05, 3.63) is 102 Å². The van der Waals surface area contributed by atoms with Crippen LogP contribution in [0.1, 0.15) is 15.9 Å². The predicted octanol–water partition coefficient (Wildman–Crippen LogP) is 3.18. The number of para-hydroxylation sites is 1. The van der Waals surface area contributed by atoms with E-state index in [2.05, 4.69) is 10.3 Å². The lowest BCUT2D eigenvalue weighted by atomic mass is 10.1. The summed E-state index contributed by atoms with van der Waals surface area (Å²) in [6.07, 6.45) is 2.15. The molecule has 0 radical (unpaired) electrons. The second kappa shape index (κ2) is 12.1. The summed E-state index contributed by atoms with van der Waals surface area (Å²) in [5, 5.41) is 3.59. The van der Waals surface area contributed by atoms with Gasteiger partial charge in [-0.2, -0.15) is 4.31 Å². The van der Waals surface area contributed by atoms with Gasteiger partial charge in [-0.1, -0.05) is 48.5 Å². The molecule has 1 aliphatic rings. The fourth-order valence-electron chi connectivity index (χ4n) is 5.04. The molecule has 0 spiro atoms. The molecule has 1 atom stereocenters. The minimum atomic E-state index is -4.12. The summed E-state index contributed by atoms with van der Waals surface area (Å²) in [5.74, 6) is -0.695. The van der Waals surface area contributed by atoms with Crippen LogP contribution in [0, 0.1) is 0 Å². The summed E-state index contributed by atoms with van der Waals surface area (Å²) in [6, 6.07) is 24.4. The largest absolute Gasteiger partial charge is 0.378 e. The molecule has 41 heavy (non-hydrogen) atoms. The monoisotopic (exact) mass is 571 g/mol. The number of amides is 2. The van der Waals surface area contributed by atoms with Crippen LogP contribution in [-0.4, -0.2) is 80.7 Å². The molecule has 212 valence electrons. The molecule has 2 amide bonds. The zero-order valence-corrected chi connectivity index (χ0v) is 23.9. The van der Waals surface area contributed by atoms with Crippen molar-refractivity contribution >= 4 is 38.4 Å². The second-order valence-corrected chi connectivity index (χ2v) is 12.0. The van der Waals surface area contributed by atoms with Crippen LogP contribution in [0.4, 0.5) is 5.69 Å². The van der Waals surface area contributed by atoms with Crippen LogP contribution in [0.3, 0.4) is 0 Å². The first-order valence-electron chi connectivity index (χ1n) is 13.5. The van der Waals surface area contributed by atoms with Gasteiger partial charge in [-0.25, -0.2) is 8.42 Å². The molecule has 10 heteroatoms. The third kappa shape index (κ3) is 6.08. The van der Waals surface area contributed by atoms with E-state index in [-0.39, 0.29) is 30.4 Å². The molecule has 2 heterocycles. The van der Waals surface area contributed by atoms with Crippen molar-refractivity contribution in [3.63, 3.8) is 0 Å². The number of nitrogens with zero attached hydrogens (tertiary/aromatic N) is 4. The maximum atomic E-state index is 14.1. The molecular weight excluding hydrogens is 538 g/mol. The lowest BCUT2D eigenvalue weighted by Gasteiger charge is -2.39. The summed E-state index contributed by atoms with van der Waals surface area (Å²) in [5.41, 5.74) is 2.84. The summed E-state index contributed by atoms with van der Waals surface area (Å²) in [6.45, 7) is 0.398. The Labute approximate surface area is 240 Å². The molecular formula is C31H33N5O4S. The molecule has 9 nitrogen and oxygen atoms in total. The van der Waals surface area contributed by atoms with E-state index in [1.165, 1.54) is 10.4 Å². The minimum Gasteiger partial charge on any atom is -0.378 e. The van der Waals surface area contributed by atoms with Gasteiger partial charge in [-0.15, -0.1) is 0 Å². The molecule has 1 aromatic heterocycles. The van der Waals surface area contributed by atoms with Crippen molar-refractivity contribution in [1.82, 2.24) is 19.5 Å². The number of benzene rings is 3. The fourth-order valence-corrected chi connectivity index (χ4v) is 6.78. The fraction of sp³-hybridized carbons (Fsp3) is 0.258. The summed E-state index contributed by atoms with van der Waals surface area (Å²) in [7, 11) is -0.283. The van der Waals surface area contributed by atoms with Gasteiger partial charge in [-0.3, -0.25) is 14.6 Å². The molecule has 0 aliphatic carbocycles. The molecule has 4 aromatic rings. The highest BCUT2D eigenvalue weighted by Gasteiger charge is 2.42. The number of sulfonamides is 1. The van der Waals surface area contributed by atoms with Crippen LogP contribution in [0.15, 0.2) is 96.0 Å². The van der Waals surface area contributed by atoms with Crippen molar-refractivity contribution in [2.75, 3.05) is 45.2 Å². The third-order valence-corrected chi connectivity index (χ3v) is 9.23. The number of aromatic nitrogens is 1. The van der Waals surface area contributed by atoms with Crippen LogP contribution in [0.25, 0.3) is 10.9 Å². The van der Waals surface area contributed by atoms with E-state index in [0.717, 1.165) is 11.3 Å². The lowest BCUT2D eigenvalue weighted by Crippen LogP contribution is -2.61. The molecule has 1 N–H and O–H groups in total. The standard InChI is InChI=1S/C31H33N5O4S/c1-34(2)26-15-13-25(14-16-26)31(38)35-20-21-36(27(22-35)30(37)33-19-17-23-8-4-3-5-9-23)41(39,40)28-12-6-10-24-11-7-18-32-29(24)28/h3-16,18,27H,17,19-22H2,1-2H3,(H,33,37). The average Bonchev–Trinajstić information content (AvgIpc) is 3.00. The Bertz CT molecular complexity index is 1640. The van der Waals surface area contributed by atoms with E-state index in [1.807, 2.05) is 61.5 Å². The van der Waals surface area contributed by atoms with Gasteiger partial charge in [0.05, 0.1) is 5.52 Å². The number of hydrogen-bond donors (Lipinski definition) is 1. The second-order valence-electron chi connectivity index (χ2n) is 10.2. The van der Waals surface area contributed by atoms with Crippen molar-refractivity contribution in [1.29, 1.82) is 0 Å². The van der Waals surface area contributed by atoms with E-state index in [0.29, 0.717) is 29.4 Å². The zero-order valence-electron chi connectivity index (χ0n) is 23.1. The number of carbonyl (C=O) groups excluding carboxylic acids is 2. The van der Waals surface area contributed by atoms with Gasteiger partial charge >= 0.3 is 0 Å². The van der Waals surface area contributed by atoms with Gasteiger partial charge in [0.2, 0.25) is 15.9 Å². The molecule has 5 rings (SSSR count). The van der Waals surface area contributed by atoms with Gasteiger partial charge in [-0.05, 0) is 48.4 Å². The van der Waals surface area contributed by atoms with Crippen molar-refractivity contribution in [2.45, 2.75) is 17.4 Å². The molecule has 1 aliphatic heterocycles. The molecule has 0 saturated carbocycles. The zero-order chi connectivity index (χ0) is 29.0. The molecule has 3 aromatic carbocycles. The maximum Gasteiger partial charge on any atom is 0.253 e. The van der Waals surface area contributed by atoms with Crippen LogP contribution >= 0.6 is 0 Å². The molecule has 0 bridgehead atoms. The highest BCUT2D eigenvalue weighted by Crippen LogP contribution is 2.28. The van der Waals surface area contributed by atoms with E-state index in [4.69, 9.17) is 0 Å². The van der Waals surface area contributed by atoms with Crippen molar-refractivity contribution in [2.24, 2.45) is 0 Å². The van der Waals surface area contributed by atoms with Crippen LogP contribution < -0.4 is 10.2 Å². The smallest absolute Gasteiger partial charge is 0.253 e. The Kier molecular flexibility index (Phi) is 8.32. The van der Waals surface area contributed by atoms with Crippen LogP contribution in [0.2, 0.25) is 0 Å². The third-order valence-electron chi connectivity index (χ3n) is 7.29. The number of pyridine rings is 1. The van der Waals surface area contributed by atoms with E-state index >= 15 is 0 Å². The van der Waals surface area contributed by atoms with Gasteiger partial charge in [0, 0.05) is 63.1 Å². The van der Waals surface area contributed by atoms with E-state index in [1.54, 1.807) is 47.5 Å². The number of anilines is 1. The predicted molar refractivity (Wildman–Crippen MR) is 159 cm³/mol. The van der Waals surface area contributed by atoms with Gasteiger partial charge in [0.15, 0.2) is 0 Å². The van der Waals surface area contributed by atoms with Crippen LogP contribution in [0.5, 0.6) is 0 Å². The number of rotatable bonds is 8. The van der Waals surface area contributed by atoms with Gasteiger partial charge < -0.3 is 15.1 Å². The highest BCUT2D eigenvalue weighted by atomic mass is 32.2. The van der Waals surface area contributed by atoms with E-state index < -0.39 is 22.0 Å². The first-order valence-corrected chi connectivity index (χ1v) is 14.9. The molecule has 1 unspecified atom stereocenters. The SMILES string of the molecule is CN(C)c1ccc(C(=O)N2CCN(S(=O)(=O)c3cccc4cccnc34)C(C(=O)NCCc3ccccc3)C2)cc1. The van der Waals surface area contributed by atoms with Crippen molar-refractivity contribution in [3.8, 4) is 0 Å². The molecule has 1 saturated heterocycles. The Hall–Kier alpha value is -4.28. The van der Waals surface area contributed by atoms with Crippen molar-refractivity contribution < 1.29 is 18.0 Å². The number of hydrogen-bond acceptors (Lipinski definition) is 6. The Morgan fingerprint density at radius 1 is 0.927 bits per heavy atom. The quantitative estimate of drug-likeness (QED) is 0.349. The first-order chi connectivity index (χ1) is 19.8. The Morgan fingerprint density at radius 3 is 2.39 bits per heavy atom. The topological polar surface area (TPSA) is 103 Å². The average molecular weight is 572 g/mol. The minimum absolute atomic E-state index is 0.0240. The Morgan fingerprint density at radius 2 is 1.66 bits per heavy atom. The van der Waals surface area contributed by atoms with Gasteiger partial charge in [0.25, 0.3) is 5.91 Å².